The molecular weight excluding hydrogens is 288 g/mol. The highest BCUT2D eigenvalue weighted by atomic mass is 32.1. The number of hydrogen-bond donors (Lipinski definition) is 1. The van der Waals surface area contributed by atoms with E-state index in [1.165, 1.54) is 22.3 Å². The van der Waals surface area contributed by atoms with Crippen LogP contribution in [0.5, 0.6) is 0 Å². The predicted octanol–water partition coefficient (Wildman–Crippen LogP) is 2.71. The molecule has 1 aliphatic rings. The van der Waals surface area contributed by atoms with Crippen LogP contribution in [0.3, 0.4) is 0 Å². The minimum atomic E-state index is -1.03. The minimum absolute atomic E-state index is 0.242. The van der Waals surface area contributed by atoms with E-state index in [1.807, 2.05) is 19.2 Å². The van der Waals surface area contributed by atoms with E-state index < -0.39 is 11.5 Å². The zero-order valence-electron chi connectivity index (χ0n) is 12.3. The predicted molar refractivity (Wildman–Crippen MR) is 82.1 cm³/mol. The highest BCUT2D eigenvalue weighted by Gasteiger charge is 2.48. The Morgan fingerprint density at radius 2 is 2.33 bits per heavy atom. The maximum absolute atomic E-state index is 12.4. The third kappa shape index (κ3) is 3.15. The third-order valence-electron chi connectivity index (χ3n) is 3.85. The summed E-state index contributed by atoms with van der Waals surface area (Å²) in [7, 11) is 0. The molecule has 6 heteroatoms. The maximum atomic E-state index is 12.4. The van der Waals surface area contributed by atoms with Gasteiger partial charge in [0.25, 0.3) is 0 Å². The molecule has 0 radical (unpaired) electrons. The molecule has 1 aliphatic heterocycles. The zero-order valence-corrected chi connectivity index (χ0v) is 13.2. The SMILES string of the molecule is CCCC1(C(=O)O)CCCN1C(=O)/C=C/c1csc(C)n1. The van der Waals surface area contributed by atoms with Gasteiger partial charge in [-0.3, -0.25) is 4.79 Å². The first kappa shape index (κ1) is 15.7. The molecule has 114 valence electrons. The van der Waals surface area contributed by atoms with Crippen LogP contribution in [0.25, 0.3) is 6.08 Å². The quantitative estimate of drug-likeness (QED) is 0.849. The van der Waals surface area contributed by atoms with E-state index in [0.29, 0.717) is 19.4 Å². The summed E-state index contributed by atoms with van der Waals surface area (Å²) >= 11 is 1.52. The molecule has 2 heterocycles. The number of aromatic nitrogens is 1. The highest BCUT2D eigenvalue weighted by Crippen LogP contribution is 2.34. The van der Waals surface area contributed by atoms with E-state index in [-0.39, 0.29) is 5.91 Å². The monoisotopic (exact) mass is 308 g/mol. The number of rotatable bonds is 5. The first-order valence-electron chi connectivity index (χ1n) is 7.15. The van der Waals surface area contributed by atoms with Crippen molar-refractivity contribution >= 4 is 29.3 Å². The highest BCUT2D eigenvalue weighted by molar-refractivity contribution is 7.09. The fourth-order valence-electron chi connectivity index (χ4n) is 2.91. The van der Waals surface area contributed by atoms with Gasteiger partial charge in [-0.2, -0.15) is 0 Å². The molecule has 2 rings (SSSR count). The second kappa shape index (κ2) is 6.39. The fourth-order valence-corrected chi connectivity index (χ4v) is 3.49. The molecular formula is C15H20N2O3S. The van der Waals surface area contributed by atoms with E-state index in [4.69, 9.17) is 0 Å². The lowest BCUT2D eigenvalue weighted by molar-refractivity contribution is -0.155. The van der Waals surface area contributed by atoms with Crippen molar-refractivity contribution in [3.63, 3.8) is 0 Å². The zero-order chi connectivity index (χ0) is 15.5. The Hall–Kier alpha value is -1.69. The van der Waals surface area contributed by atoms with Gasteiger partial charge in [-0.05, 0) is 32.3 Å². The van der Waals surface area contributed by atoms with Gasteiger partial charge in [-0.1, -0.05) is 13.3 Å². The van der Waals surface area contributed by atoms with Crippen LogP contribution in [-0.4, -0.2) is 39.0 Å². The lowest BCUT2D eigenvalue weighted by atomic mass is 9.90. The van der Waals surface area contributed by atoms with Crippen LogP contribution in [0.1, 0.15) is 43.3 Å². The summed E-state index contributed by atoms with van der Waals surface area (Å²) < 4.78 is 0. The molecule has 0 aliphatic carbocycles. The number of carboxylic acid groups (broad SMARTS) is 1. The van der Waals surface area contributed by atoms with Gasteiger partial charge in [0.2, 0.25) is 5.91 Å². The lowest BCUT2D eigenvalue weighted by Gasteiger charge is -2.34. The van der Waals surface area contributed by atoms with Crippen molar-refractivity contribution in [1.82, 2.24) is 9.88 Å². The molecule has 1 aromatic heterocycles. The summed E-state index contributed by atoms with van der Waals surface area (Å²) in [6.45, 7) is 4.35. The van der Waals surface area contributed by atoms with Crippen molar-refractivity contribution in [2.45, 2.75) is 45.1 Å². The Kier molecular flexibility index (Phi) is 4.77. The van der Waals surface area contributed by atoms with Gasteiger partial charge in [0.05, 0.1) is 10.7 Å². The molecule has 5 nitrogen and oxygen atoms in total. The summed E-state index contributed by atoms with van der Waals surface area (Å²) in [5.74, 6) is -1.14. The maximum Gasteiger partial charge on any atom is 0.329 e. The molecule has 1 atom stereocenters. The molecule has 1 aromatic rings. The van der Waals surface area contributed by atoms with Gasteiger partial charge >= 0.3 is 5.97 Å². The molecule has 1 fully saturated rings. The number of carbonyl (C=O) groups excluding carboxylic acids is 1. The van der Waals surface area contributed by atoms with Gasteiger partial charge < -0.3 is 10.0 Å². The van der Waals surface area contributed by atoms with Crippen LogP contribution in [-0.2, 0) is 9.59 Å². The second-order valence-electron chi connectivity index (χ2n) is 5.30. The molecule has 0 bridgehead atoms. The third-order valence-corrected chi connectivity index (χ3v) is 4.64. The van der Waals surface area contributed by atoms with Crippen molar-refractivity contribution in [2.24, 2.45) is 0 Å². The summed E-state index contributed by atoms with van der Waals surface area (Å²) in [6.07, 6.45) is 5.60. The molecule has 1 amide bonds. The Morgan fingerprint density at radius 3 is 2.90 bits per heavy atom. The average molecular weight is 308 g/mol. The van der Waals surface area contributed by atoms with E-state index in [9.17, 15) is 14.7 Å². The van der Waals surface area contributed by atoms with E-state index in [0.717, 1.165) is 23.5 Å². The Labute approximate surface area is 128 Å². The topological polar surface area (TPSA) is 70.5 Å². The van der Waals surface area contributed by atoms with E-state index >= 15 is 0 Å². The Balaban J connectivity index is 2.17. The smallest absolute Gasteiger partial charge is 0.329 e. The molecule has 0 spiro atoms. The largest absolute Gasteiger partial charge is 0.479 e. The number of likely N-dealkylation sites (tertiary alicyclic amines) is 1. The number of nitrogens with zero attached hydrogens (tertiary/aromatic N) is 2. The number of carbonyl (C=O) groups is 2. The van der Waals surface area contributed by atoms with Crippen molar-refractivity contribution < 1.29 is 14.7 Å². The normalized spacial score (nSPS) is 22.1. The van der Waals surface area contributed by atoms with Crippen molar-refractivity contribution in [1.29, 1.82) is 0 Å². The molecule has 0 aromatic carbocycles. The van der Waals surface area contributed by atoms with Gasteiger partial charge in [-0.15, -0.1) is 11.3 Å². The van der Waals surface area contributed by atoms with Crippen LogP contribution in [0.2, 0.25) is 0 Å². The van der Waals surface area contributed by atoms with E-state index in [2.05, 4.69) is 4.98 Å². The number of aryl methyl sites for hydroxylation is 1. The number of carboxylic acids is 1. The Bertz CT molecular complexity index is 567. The standard InChI is InChI=1S/C15H20N2O3S/c1-3-7-15(14(19)20)8-4-9-17(15)13(18)6-5-12-10-21-11(2)16-12/h5-6,10H,3-4,7-9H2,1-2H3,(H,19,20)/b6-5+. The van der Waals surface area contributed by atoms with Crippen LogP contribution < -0.4 is 0 Å². The van der Waals surface area contributed by atoms with Crippen LogP contribution in [0, 0.1) is 6.92 Å². The second-order valence-corrected chi connectivity index (χ2v) is 6.37. The van der Waals surface area contributed by atoms with E-state index in [1.54, 1.807) is 6.08 Å². The number of amides is 1. The first-order chi connectivity index (χ1) is 9.99. The Morgan fingerprint density at radius 1 is 1.57 bits per heavy atom. The molecule has 1 unspecified atom stereocenters. The van der Waals surface area contributed by atoms with Gasteiger partial charge in [0.15, 0.2) is 0 Å². The number of hydrogen-bond acceptors (Lipinski definition) is 4. The van der Waals surface area contributed by atoms with Crippen LogP contribution in [0.15, 0.2) is 11.5 Å². The molecule has 1 N–H and O–H groups in total. The summed E-state index contributed by atoms with van der Waals surface area (Å²) in [5, 5.41) is 12.4. The van der Waals surface area contributed by atoms with Crippen LogP contribution >= 0.6 is 11.3 Å². The van der Waals surface area contributed by atoms with Crippen molar-refractivity contribution in [3.05, 3.63) is 22.2 Å². The van der Waals surface area contributed by atoms with Gasteiger partial charge in [0, 0.05) is 18.0 Å². The van der Waals surface area contributed by atoms with Gasteiger partial charge in [0.1, 0.15) is 5.54 Å². The lowest BCUT2D eigenvalue weighted by Crippen LogP contribution is -2.52. The fraction of sp³-hybridized carbons (Fsp3) is 0.533. The summed E-state index contributed by atoms with van der Waals surface area (Å²) in [4.78, 5) is 29.8. The van der Waals surface area contributed by atoms with Crippen molar-refractivity contribution in [3.8, 4) is 0 Å². The van der Waals surface area contributed by atoms with Crippen LogP contribution in [0.4, 0.5) is 0 Å². The molecule has 0 saturated carbocycles. The van der Waals surface area contributed by atoms with Crippen molar-refractivity contribution in [2.75, 3.05) is 6.54 Å². The average Bonchev–Trinajstić information content (AvgIpc) is 3.04. The molecule has 21 heavy (non-hydrogen) atoms. The summed E-state index contributed by atoms with van der Waals surface area (Å²) in [6, 6.07) is 0. The summed E-state index contributed by atoms with van der Waals surface area (Å²) in [5.41, 5.74) is -0.296. The first-order valence-corrected chi connectivity index (χ1v) is 8.03. The van der Waals surface area contributed by atoms with Gasteiger partial charge in [-0.25, -0.2) is 9.78 Å². The number of aliphatic carboxylic acids is 1. The number of thiazole rings is 1. The molecule has 1 saturated heterocycles. The minimum Gasteiger partial charge on any atom is -0.479 e.